The summed E-state index contributed by atoms with van der Waals surface area (Å²) in [4.78, 5) is 34.9. The van der Waals surface area contributed by atoms with Crippen molar-refractivity contribution in [1.29, 1.82) is 0 Å². The van der Waals surface area contributed by atoms with Gasteiger partial charge in [-0.05, 0) is 37.1 Å². The zero-order chi connectivity index (χ0) is 20.7. The second-order valence-corrected chi connectivity index (χ2v) is 8.17. The average Bonchev–Trinajstić information content (AvgIpc) is 3.52. The van der Waals surface area contributed by atoms with Crippen molar-refractivity contribution in [2.24, 2.45) is 0 Å². The smallest absolute Gasteiger partial charge is 0.294 e. The molecule has 4 aromatic rings. The van der Waals surface area contributed by atoms with Crippen LogP contribution in [0.5, 0.6) is 0 Å². The van der Waals surface area contributed by atoms with Crippen molar-refractivity contribution in [2.75, 3.05) is 6.54 Å². The SMILES string of the molecule is O=C(c1ccc(-n2ccnc2)c([N+](=O)[O-])c1)N1CCCC1c1nc2ccccc2s1. The van der Waals surface area contributed by atoms with E-state index in [0.29, 0.717) is 17.8 Å². The maximum Gasteiger partial charge on any atom is 0.294 e. The molecular weight excluding hydrogens is 402 g/mol. The number of amides is 1. The molecule has 150 valence electrons. The van der Waals surface area contributed by atoms with E-state index in [4.69, 9.17) is 4.98 Å². The fourth-order valence-corrected chi connectivity index (χ4v) is 5.00. The number of hydrogen-bond acceptors (Lipinski definition) is 6. The molecule has 1 aliphatic heterocycles. The normalized spacial score (nSPS) is 16.3. The second-order valence-electron chi connectivity index (χ2n) is 7.11. The van der Waals surface area contributed by atoms with E-state index in [1.807, 2.05) is 24.3 Å². The number of nitrogens with zero attached hydrogens (tertiary/aromatic N) is 5. The maximum atomic E-state index is 13.3. The largest absolute Gasteiger partial charge is 0.329 e. The molecule has 2 aromatic heterocycles. The molecule has 1 saturated heterocycles. The van der Waals surface area contributed by atoms with Gasteiger partial charge in [-0.1, -0.05) is 12.1 Å². The molecule has 9 heteroatoms. The molecule has 5 rings (SSSR count). The number of thiazole rings is 1. The van der Waals surface area contributed by atoms with E-state index in [1.165, 1.54) is 12.4 Å². The molecule has 0 radical (unpaired) electrons. The lowest BCUT2D eigenvalue weighted by Gasteiger charge is -2.23. The van der Waals surface area contributed by atoms with E-state index in [-0.39, 0.29) is 17.6 Å². The standard InChI is InChI=1S/C21H17N5O3S/c27-21(14-7-8-16(18(12-14)26(28)29)24-11-9-22-13-24)25-10-3-5-17(25)20-23-15-4-1-2-6-19(15)30-20/h1-2,4,6-9,11-13,17H,3,5,10H2. The molecule has 1 aliphatic rings. The number of para-hydroxylation sites is 1. The number of carbonyl (C=O) groups excluding carboxylic acids is 1. The zero-order valence-corrected chi connectivity index (χ0v) is 16.7. The van der Waals surface area contributed by atoms with E-state index >= 15 is 0 Å². The summed E-state index contributed by atoms with van der Waals surface area (Å²) in [6, 6.07) is 12.4. The number of nitro benzene ring substituents is 1. The Hall–Kier alpha value is -3.59. The number of likely N-dealkylation sites (tertiary alicyclic amines) is 1. The summed E-state index contributed by atoms with van der Waals surface area (Å²) in [5, 5.41) is 12.5. The Labute approximate surface area is 175 Å². The van der Waals surface area contributed by atoms with Crippen molar-refractivity contribution in [3.05, 3.63) is 81.9 Å². The Balaban J connectivity index is 1.48. The molecule has 1 unspecified atom stereocenters. The number of aromatic nitrogens is 3. The van der Waals surface area contributed by atoms with Crippen LogP contribution in [0.25, 0.3) is 15.9 Å². The molecule has 0 N–H and O–H groups in total. The maximum absolute atomic E-state index is 13.3. The van der Waals surface area contributed by atoms with Crippen molar-refractivity contribution in [1.82, 2.24) is 19.4 Å². The van der Waals surface area contributed by atoms with E-state index in [2.05, 4.69) is 4.98 Å². The number of imidazole rings is 1. The van der Waals surface area contributed by atoms with Crippen molar-refractivity contribution in [3.63, 3.8) is 0 Å². The topological polar surface area (TPSA) is 94.2 Å². The third kappa shape index (κ3) is 3.13. The van der Waals surface area contributed by atoms with Crippen molar-refractivity contribution >= 4 is 33.1 Å². The van der Waals surface area contributed by atoms with Crippen LogP contribution in [0.4, 0.5) is 5.69 Å². The van der Waals surface area contributed by atoms with E-state index < -0.39 is 4.92 Å². The fraction of sp³-hybridized carbons (Fsp3) is 0.190. The van der Waals surface area contributed by atoms with Gasteiger partial charge >= 0.3 is 0 Å². The molecule has 1 amide bonds. The van der Waals surface area contributed by atoms with Crippen LogP contribution in [0.3, 0.4) is 0 Å². The molecule has 30 heavy (non-hydrogen) atoms. The highest BCUT2D eigenvalue weighted by Crippen LogP contribution is 2.37. The number of rotatable bonds is 4. The van der Waals surface area contributed by atoms with Gasteiger partial charge in [0, 0.05) is 30.6 Å². The quantitative estimate of drug-likeness (QED) is 0.362. The molecule has 8 nitrogen and oxygen atoms in total. The minimum atomic E-state index is -0.471. The van der Waals surface area contributed by atoms with Crippen LogP contribution in [0.15, 0.2) is 61.2 Å². The molecule has 0 spiro atoms. The van der Waals surface area contributed by atoms with Gasteiger partial charge in [0.05, 0.1) is 27.5 Å². The van der Waals surface area contributed by atoms with Gasteiger partial charge in [0.15, 0.2) is 0 Å². The zero-order valence-electron chi connectivity index (χ0n) is 15.8. The van der Waals surface area contributed by atoms with Crippen LogP contribution in [0.2, 0.25) is 0 Å². The highest BCUT2D eigenvalue weighted by molar-refractivity contribution is 7.18. The lowest BCUT2D eigenvalue weighted by Crippen LogP contribution is -2.30. The van der Waals surface area contributed by atoms with Crippen LogP contribution in [-0.4, -0.2) is 36.8 Å². The average molecular weight is 419 g/mol. The third-order valence-corrected chi connectivity index (χ3v) is 6.45. The minimum absolute atomic E-state index is 0.109. The molecule has 2 aromatic carbocycles. The van der Waals surface area contributed by atoms with E-state index in [0.717, 1.165) is 28.1 Å². The summed E-state index contributed by atoms with van der Waals surface area (Å²) in [6.07, 6.45) is 6.39. The molecule has 0 saturated carbocycles. The third-order valence-electron chi connectivity index (χ3n) is 5.31. The Morgan fingerprint density at radius 2 is 2.10 bits per heavy atom. The summed E-state index contributed by atoms with van der Waals surface area (Å²) in [7, 11) is 0. The van der Waals surface area contributed by atoms with Gasteiger partial charge in [0.2, 0.25) is 0 Å². The molecule has 0 bridgehead atoms. The first-order valence-electron chi connectivity index (χ1n) is 9.55. The summed E-state index contributed by atoms with van der Waals surface area (Å²) in [5.74, 6) is -0.211. The molecule has 1 fully saturated rings. The fourth-order valence-electron chi connectivity index (χ4n) is 3.89. The van der Waals surface area contributed by atoms with Gasteiger partial charge in [-0.25, -0.2) is 9.97 Å². The van der Waals surface area contributed by atoms with Crippen molar-refractivity contribution < 1.29 is 9.72 Å². The van der Waals surface area contributed by atoms with Crippen LogP contribution in [0.1, 0.15) is 34.2 Å². The monoisotopic (exact) mass is 419 g/mol. The van der Waals surface area contributed by atoms with Crippen LogP contribution in [0, 0.1) is 10.1 Å². The summed E-state index contributed by atoms with van der Waals surface area (Å²) in [5.41, 5.74) is 1.48. The van der Waals surface area contributed by atoms with Gasteiger partial charge in [-0.2, -0.15) is 0 Å². The molecular formula is C21H17N5O3S. The van der Waals surface area contributed by atoms with Crippen molar-refractivity contribution in [2.45, 2.75) is 18.9 Å². The predicted octanol–water partition coefficient (Wildman–Crippen LogP) is 4.37. The number of fused-ring (bicyclic) bond motifs is 1. The molecule has 0 aliphatic carbocycles. The summed E-state index contributed by atoms with van der Waals surface area (Å²) >= 11 is 1.60. The number of nitro groups is 1. The van der Waals surface area contributed by atoms with Crippen LogP contribution >= 0.6 is 11.3 Å². The Kier molecular flexibility index (Phi) is 4.51. The van der Waals surface area contributed by atoms with Gasteiger partial charge in [-0.15, -0.1) is 11.3 Å². The Morgan fingerprint density at radius 3 is 2.87 bits per heavy atom. The molecule has 3 heterocycles. The predicted molar refractivity (Wildman–Crippen MR) is 113 cm³/mol. The summed E-state index contributed by atoms with van der Waals surface area (Å²) < 4.78 is 2.65. The molecule has 1 atom stereocenters. The van der Waals surface area contributed by atoms with E-state index in [9.17, 15) is 14.9 Å². The number of hydrogen-bond donors (Lipinski definition) is 0. The van der Waals surface area contributed by atoms with E-state index in [1.54, 1.807) is 45.3 Å². The first-order valence-corrected chi connectivity index (χ1v) is 10.4. The Morgan fingerprint density at radius 1 is 1.23 bits per heavy atom. The highest BCUT2D eigenvalue weighted by Gasteiger charge is 2.33. The van der Waals surface area contributed by atoms with Gasteiger partial charge in [0.25, 0.3) is 11.6 Å². The first kappa shape index (κ1) is 18.4. The minimum Gasteiger partial charge on any atom is -0.329 e. The van der Waals surface area contributed by atoms with Gasteiger partial charge in [-0.3, -0.25) is 14.9 Å². The lowest BCUT2D eigenvalue weighted by atomic mass is 10.1. The van der Waals surface area contributed by atoms with Crippen LogP contribution in [-0.2, 0) is 0 Å². The number of carbonyl (C=O) groups is 1. The summed E-state index contributed by atoms with van der Waals surface area (Å²) in [6.45, 7) is 0.608. The number of benzene rings is 2. The van der Waals surface area contributed by atoms with Crippen LogP contribution < -0.4 is 0 Å². The second kappa shape index (κ2) is 7.34. The van der Waals surface area contributed by atoms with Crippen molar-refractivity contribution in [3.8, 4) is 5.69 Å². The highest BCUT2D eigenvalue weighted by atomic mass is 32.1. The lowest BCUT2D eigenvalue weighted by molar-refractivity contribution is -0.384. The Bertz CT molecular complexity index is 1220. The van der Waals surface area contributed by atoms with Gasteiger partial charge in [0.1, 0.15) is 10.7 Å². The van der Waals surface area contributed by atoms with Gasteiger partial charge < -0.3 is 9.47 Å². The first-order chi connectivity index (χ1) is 14.6.